The third-order valence-corrected chi connectivity index (χ3v) is 5.97. The van der Waals surface area contributed by atoms with Crippen LogP contribution < -0.4 is 5.32 Å². The van der Waals surface area contributed by atoms with E-state index in [0.717, 1.165) is 6.34 Å². The first kappa shape index (κ1) is 20.9. The summed E-state index contributed by atoms with van der Waals surface area (Å²) < 4.78 is 56.4. The quantitative estimate of drug-likeness (QED) is 0.219. The molecular weight excluding hydrogens is 377 g/mol. The van der Waals surface area contributed by atoms with Gasteiger partial charge in [-0.2, -0.15) is 0 Å². The molecule has 0 radical (unpaired) electrons. The monoisotopic (exact) mass is 396 g/mol. The second-order valence-corrected chi connectivity index (χ2v) is 7.95. The van der Waals surface area contributed by atoms with Gasteiger partial charge < -0.3 is 24.6 Å². The molecule has 0 spiro atoms. The molecule has 12 nitrogen and oxygen atoms in total. The minimum atomic E-state index is -4.76. The maximum atomic E-state index is 11.6. The third-order valence-electron chi connectivity index (χ3n) is 2.61. The summed E-state index contributed by atoms with van der Waals surface area (Å²) in [5, 5.41) is 9.56. The lowest BCUT2D eigenvalue weighted by atomic mass is 10.2. The second-order valence-electron chi connectivity index (χ2n) is 4.18. The van der Waals surface area contributed by atoms with E-state index in [2.05, 4.69) is 18.5 Å². The van der Waals surface area contributed by atoms with Crippen LogP contribution in [0.15, 0.2) is 0 Å². The van der Waals surface area contributed by atoms with E-state index in [1.807, 2.05) is 0 Å². The van der Waals surface area contributed by atoms with Gasteiger partial charge in [0.05, 0.1) is 19.0 Å². The first-order chi connectivity index (χ1) is 10.8. The van der Waals surface area contributed by atoms with Crippen molar-refractivity contribution >= 4 is 30.7 Å². The Labute approximate surface area is 133 Å². The van der Waals surface area contributed by atoms with Crippen LogP contribution in [0.3, 0.4) is 0 Å². The Hall–Kier alpha value is -0.120. The zero-order valence-electron chi connectivity index (χ0n) is 12.0. The second kappa shape index (κ2) is 10.0. The lowest BCUT2D eigenvalue weighted by Gasteiger charge is -2.19. The summed E-state index contributed by atoms with van der Waals surface area (Å²) in [6.07, 6.45) is -0.354. The van der Waals surface area contributed by atoms with Crippen molar-refractivity contribution < 1.29 is 46.1 Å². The first-order valence-corrected chi connectivity index (χ1v) is 10.4. The molecule has 0 bridgehead atoms. The zero-order valence-corrected chi connectivity index (χ0v) is 14.9. The third kappa shape index (κ3) is 8.00. The van der Waals surface area contributed by atoms with Crippen LogP contribution in [0.5, 0.6) is 0 Å². The Bertz CT molecular complexity index is 491. The standard InChI is InChI=1S/C8H19N2O10P3/c1-2-16-6-3-8(10-5-9)18-7(6)4-17-23(14,15)20-22(13)19-21(11)12/h5-8,21-22H,2-4H2,1H3,(H2,9,10)(H,11,12)(H,14,15)/t6?,7-,8-/m1/s1. The SMILES string of the molecule is CCOC1C[C@H](NC=N)O[C@@H]1COP(=O)(O)O[PH](=O)O[PH](=O)O. The summed E-state index contributed by atoms with van der Waals surface area (Å²) in [5.41, 5.74) is 0. The molecule has 4 N–H and O–H groups in total. The van der Waals surface area contributed by atoms with Gasteiger partial charge in [-0.05, 0) is 6.92 Å². The van der Waals surface area contributed by atoms with Crippen molar-refractivity contribution in [3.63, 3.8) is 0 Å². The molecule has 23 heavy (non-hydrogen) atoms. The molecule has 6 atom stereocenters. The normalized spacial score (nSPS) is 29.6. The highest BCUT2D eigenvalue weighted by molar-refractivity contribution is 7.58. The summed E-state index contributed by atoms with van der Waals surface area (Å²) >= 11 is 0. The van der Waals surface area contributed by atoms with E-state index in [0.29, 0.717) is 13.0 Å². The number of phosphoric ester groups is 1. The largest absolute Gasteiger partial charge is 0.479 e. The van der Waals surface area contributed by atoms with E-state index in [4.69, 9.17) is 19.8 Å². The topological polar surface area (TPSA) is 174 Å². The Morgan fingerprint density at radius 3 is 2.78 bits per heavy atom. The fraction of sp³-hybridized carbons (Fsp3) is 0.875. The maximum Gasteiger partial charge on any atom is 0.479 e. The fourth-order valence-corrected chi connectivity index (χ4v) is 4.19. The van der Waals surface area contributed by atoms with Crippen LogP contribution in [-0.2, 0) is 36.3 Å². The summed E-state index contributed by atoms with van der Waals surface area (Å²) in [6.45, 7) is 1.72. The van der Waals surface area contributed by atoms with E-state index >= 15 is 0 Å². The van der Waals surface area contributed by atoms with E-state index in [-0.39, 0.29) is 0 Å². The minimum absolute atomic E-state index is 0.376. The molecule has 1 fully saturated rings. The van der Waals surface area contributed by atoms with Crippen molar-refractivity contribution in [2.24, 2.45) is 0 Å². The summed E-state index contributed by atoms with van der Waals surface area (Å²) in [5.74, 6) is 0. The van der Waals surface area contributed by atoms with Gasteiger partial charge in [-0.15, -0.1) is 0 Å². The van der Waals surface area contributed by atoms with Crippen molar-refractivity contribution in [1.29, 1.82) is 5.41 Å². The van der Waals surface area contributed by atoms with Crippen molar-refractivity contribution in [3.05, 3.63) is 0 Å². The van der Waals surface area contributed by atoms with E-state index in [1.54, 1.807) is 6.92 Å². The molecule has 15 heteroatoms. The Balaban J connectivity index is 2.53. The molecule has 0 saturated carbocycles. The van der Waals surface area contributed by atoms with Crippen LogP contribution in [0, 0.1) is 5.41 Å². The number of hydrogen-bond acceptors (Lipinski definition) is 9. The Kier molecular flexibility index (Phi) is 9.10. The Morgan fingerprint density at radius 1 is 1.52 bits per heavy atom. The summed E-state index contributed by atoms with van der Waals surface area (Å²) in [4.78, 5) is 17.8. The van der Waals surface area contributed by atoms with Crippen molar-refractivity contribution in [2.45, 2.75) is 31.8 Å². The molecular formula is C8H19N2O10P3. The Morgan fingerprint density at radius 2 is 2.22 bits per heavy atom. The minimum Gasteiger partial charge on any atom is -0.376 e. The lowest BCUT2D eigenvalue weighted by Crippen LogP contribution is -2.29. The highest BCUT2D eigenvalue weighted by Crippen LogP contribution is 2.54. The predicted octanol–water partition coefficient (Wildman–Crippen LogP) is 0.625. The number of phosphoric acid groups is 1. The van der Waals surface area contributed by atoms with Gasteiger partial charge in [0.15, 0.2) is 0 Å². The van der Waals surface area contributed by atoms with E-state index in [1.165, 1.54) is 0 Å². The highest BCUT2D eigenvalue weighted by Gasteiger charge is 2.38. The van der Waals surface area contributed by atoms with Gasteiger partial charge in [-0.25, -0.2) is 13.2 Å². The number of nitrogens with one attached hydrogen (secondary N) is 2. The van der Waals surface area contributed by atoms with Gasteiger partial charge in [0.25, 0.3) is 0 Å². The van der Waals surface area contributed by atoms with Crippen molar-refractivity contribution in [2.75, 3.05) is 13.2 Å². The van der Waals surface area contributed by atoms with Gasteiger partial charge in [0, 0.05) is 13.0 Å². The van der Waals surface area contributed by atoms with E-state index < -0.39 is 49.4 Å². The molecule has 0 aromatic carbocycles. The lowest BCUT2D eigenvalue weighted by molar-refractivity contribution is -0.0450. The highest BCUT2D eigenvalue weighted by atomic mass is 31.3. The van der Waals surface area contributed by atoms with Crippen LogP contribution in [-0.4, -0.2) is 47.8 Å². The molecule has 1 aliphatic rings. The molecule has 1 saturated heterocycles. The molecule has 0 aliphatic carbocycles. The van der Waals surface area contributed by atoms with Crippen LogP contribution in [0.1, 0.15) is 13.3 Å². The smallest absolute Gasteiger partial charge is 0.376 e. The zero-order chi connectivity index (χ0) is 17.5. The van der Waals surface area contributed by atoms with Crippen LogP contribution in [0.25, 0.3) is 0 Å². The van der Waals surface area contributed by atoms with Gasteiger partial charge in [-0.1, -0.05) is 0 Å². The molecule has 0 aromatic rings. The van der Waals surface area contributed by atoms with Gasteiger partial charge >= 0.3 is 24.3 Å². The summed E-state index contributed by atoms with van der Waals surface area (Å²) in [7, 11) is -12.0. The average Bonchev–Trinajstić information content (AvgIpc) is 2.78. The first-order valence-electron chi connectivity index (χ1n) is 6.41. The number of hydrogen-bond donors (Lipinski definition) is 4. The van der Waals surface area contributed by atoms with Gasteiger partial charge in [0.2, 0.25) is 0 Å². The molecule has 136 valence electrons. The van der Waals surface area contributed by atoms with E-state index in [9.17, 15) is 18.6 Å². The van der Waals surface area contributed by atoms with Gasteiger partial charge in [0.1, 0.15) is 12.3 Å². The molecule has 4 unspecified atom stereocenters. The van der Waals surface area contributed by atoms with Crippen LogP contribution >= 0.6 is 24.3 Å². The molecule has 1 aliphatic heterocycles. The number of ether oxygens (including phenoxy) is 2. The van der Waals surface area contributed by atoms with Crippen LogP contribution in [0.4, 0.5) is 0 Å². The van der Waals surface area contributed by atoms with Crippen molar-refractivity contribution in [1.82, 2.24) is 5.32 Å². The number of rotatable bonds is 11. The fourth-order valence-electron chi connectivity index (χ4n) is 1.83. The molecule has 1 heterocycles. The maximum absolute atomic E-state index is 11.6. The molecule has 0 amide bonds. The summed E-state index contributed by atoms with van der Waals surface area (Å²) in [6, 6.07) is 0. The molecule has 1 rings (SSSR count). The van der Waals surface area contributed by atoms with Crippen molar-refractivity contribution in [3.8, 4) is 0 Å². The van der Waals surface area contributed by atoms with Gasteiger partial charge in [-0.3, -0.25) is 19.1 Å². The molecule has 0 aromatic heterocycles. The average molecular weight is 396 g/mol. The van der Waals surface area contributed by atoms with Crippen LogP contribution in [0.2, 0.25) is 0 Å². The predicted molar refractivity (Wildman–Crippen MR) is 78.8 cm³/mol.